The van der Waals surface area contributed by atoms with Crippen LogP contribution in [0.2, 0.25) is 0 Å². The molecular weight excluding hydrogens is 224 g/mol. The highest BCUT2D eigenvalue weighted by atomic mass is 16.5. The van der Waals surface area contributed by atoms with E-state index >= 15 is 0 Å². The Morgan fingerprint density at radius 3 is 2.82 bits per heavy atom. The van der Waals surface area contributed by atoms with Crippen LogP contribution in [0.4, 0.5) is 0 Å². The van der Waals surface area contributed by atoms with Crippen molar-refractivity contribution in [3.8, 4) is 0 Å². The van der Waals surface area contributed by atoms with E-state index in [9.17, 15) is 20.1 Å². The van der Waals surface area contributed by atoms with Gasteiger partial charge in [0.05, 0.1) is 18.3 Å². The molecule has 5 nitrogen and oxygen atoms in total. The molecule has 5 heteroatoms. The van der Waals surface area contributed by atoms with Gasteiger partial charge in [-0.2, -0.15) is 0 Å². The Morgan fingerprint density at radius 2 is 2.18 bits per heavy atom. The topological polar surface area (TPSA) is 87.0 Å². The van der Waals surface area contributed by atoms with Gasteiger partial charge in [0, 0.05) is 18.9 Å². The van der Waals surface area contributed by atoms with E-state index < -0.39 is 30.4 Å². The first kappa shape index (κ1) is 13.9. The molecule has 4 atom stereocenters. The van der Waals surface area contributed by atoms with Crippen LogP contribution in [0.15, 0.2) is 24.3 Å². The van der Waals surface area contributed by atoms with Crippen LogP contribution < -0.4 is 0 Å². The summed E-state index contributed by atoms with van der Waals surface area (Å²) in [6.07, 6.45) is 2.59. The number of cyclic esters (lactones) is 1. The van der Waals surface area contributed by atoms with Gasteiger partial charge in [0.2, 0.25) is 0 Å². The van der Waals surface area contributed by atoms with Crippen LogP contribution >= 0.6 is 0 Å². The maximum absolute atomic E-state index is 11.3. The molecule has 0 aromatic rings. The number of carbonyl (C=O) groups excluding carboxylic acids is 1. The first-order valence-electron chi connectivity index (χ1n) is 5.58. The predicted molar refractivity (Wildman–Crippen MR) is 61.1 cm³/mol. The van der Waals surface area contributed by atoms with Crippen LogP contribution in [0.3, 0.4) is 0 Å². The van der Waals surface area contributed by atoms with Crippen molar-refractivity contribution in [3.63, 3.8) is 0 Å². The third-order valence-corrected chi connectivity index (χ3v) is 2.44. The molecule has 1 heterocycles. The van der Waals surface area contributed by atoms with Crippen molar-refractivity contribution >= 4 is 5.97 Å². The van der Waals surface area contributed by atoms with E-state index in [1.807, 2.05) is 0 Å². The van der Waals surface area contributed by atoms with Crippen LogP contribution in [-0.2, 0) is 9.53 Å². The lowest BCUT2D eigenvalue weighted by Crippen LogP contribution is -2.32. The van der Waals surface area contributed by atoms with E-state index in [0.29, 0.717) is 0 Å². The fraction of sp³-hybridized carbons (Fsp3) is 0.583. The molecule has 0 bridgehead atoms. The number of hydrogen-bond acceptors (Lipinski definition) is 5. The second kappa shape index (κ2) is 6.54. The van der Waals surface area contributed by atoms with Crippen molar-refractivity contribution in [1.29, 1.82) is 0 Å². The van der Waals surface area contributed by atoms with Crippen LogP contribution in [0.5, 0.6) is 0 Å². The van der Waals surface area contributed by atoms with Gasteiger partial charge in [-0.15, -0.1) is 0 Å². The molecule has 0 fully saturated rings. The molecule has 1 aliphatic heterocycles. The maximum atomic E-state index is 11.3. The summed E-state index contributed by atoms with van der Waals surface area (Å²) in [6, 6.07) is 0. The Morgan fingerprint density at radius 1 is 1.47 bits per heavy atom. The fourth-order valence-corrected chi connectivity index (χ4v) is 1.63. The zero-order valence-corrected chi connectivity index (χ0v) is 9.69. The van der Waals surface area contributed by atoms with Gasteiger partial charge >= 0.3 is 5.97 Å². The molecule has 96 valence electrons. The molecule has 3 N–H and O–H groups in total. The molecule has 0 amide bonds. The fourth-order valence-electron chi connectivity index (χ4n) is 1.63. The molecule has 1 aliphatic rings. The van der Waals surface area contributed by atoms with Gasteiger partial charge in [0.25, 0.3) is 0 Å². The standard InChI is InChI=1S/C12H18O5/c1-8(13)6-9-7-11(15)10(14)4-2-3-5-12(16)17-9/h2-5,8-11,13-15H,6-7H2,1H3/t8?,9-,10+,11+/m1/s1. The summed E-state index contributed by atoms with van der Waals surface area (Å²) in [5.74, 6) is -0.524. The molecule has 1 unspecified atom stereocenters. The molecule has 0 aromatic carbocycles. The SMILES string of the molecule is CC(O)C[C@@H]1C[C@H](O)[C@@H](O)C=CC=CC(=O)O1. The number of esters is 1. The minimum absolute atomic E-state index is 0.0932. The zero-order chi connectivity index (χ0) is 12.8. The number of aliphatic hydroxyl groups is 3. The highest BCUT2D eigenvalue weighted by Crippen LogP contribution is 2.14. The Labute approximate surface area is 100 Å². The van der Waals surface area contributed by atoms with E-state index in [4.69, 9.17) is 4.74 Å². The summed E-state index contributed by atoms with van der Waals surface area (Å²) in [5, 5.41) is 28.5. The van der Waals surface area contributed by atoms with Crippen molar-refractivity contribution in [2.24, 2.45) is 0 Å². The Hall–Kier alpha value is -1.17. The Balaban J connectivity index is 2.75. The number of rotatable bonds is 2. The number of aliphatic hydroxyl groups excluding tert-OH is 3. The third-order valence-electron chi connectivity index (χ3n) is 2.44. The summed E-state index contributed by atoms with van der Waals surface area (Å²) < 4.78 is 5.07. The third kappa shape index (κ3) is 5.12. The second-order valence-corrected chi connectivity index (χ2v) is 4.18. The lowest BCUT2D eigenvalue weighted by Gasteiger charge is -2.23. The van der Waals surface area contributed by atoms with Crippen LogP contribution in [-0.4, -0.2) is 45.7 Å². The Bertz CT molecular complexity index is 308. The molecule has 17 heavy (non-hydrogen) atoms. The van der Waals surface area contributed by atoms with Gasteiger partial charge in [0.1, 0.15) is 6.10 Å². The zero-order valence-electron chi connectivity index (χ0n) is 9.69. The average Bonchev–Trinajstić information content (AvgIpc) is 2.21. The largest absolute Gasteiger partial charge is 0.459 e. The van der Waals surface area contributed by atoms with Gasteiger partial charge in [-0.25, -0.2) is 4.79 Å². The maximum Gasteiger partial charge on any atom is 0.331 e. The van der Waals surface area contributed by atoms with Crippen molar-refractivity contribution < 1.29 is 24.9 Å². The van der Waals surface area contributed by atoms with Gasteiger partial charge in [-0.1, -0.05) is 18.2 Å². The molecule has 0 spiro atoms. The molecule has 0 aromatic heterocycles. The normalized spacial score (nSPS) is 32.0. The number of hydrogen-bond donors (Lipinski definition) is 3. The van der Waals surface area contributed by atoms with Crippen molar-refractivity contribution in [3.05, 3.63) is 24.3 Å². The first-order valence-corrected chi connectivity index (χ1v) is 5.58. The van der Waals surface area contributed by atoms with Gasteiger partial charge < -0.3 is 20.1 Å². The molecular formula is C12H18O5. The van der Waals surface area contributed by atoms with E-state index in [2.05, 4.69) is 0 Å². The van der Waals surface area contributed by atoms with Crippen LogP contribution in [0.25, 0.3) is 0 Å². The number of allylic oxidation sites excluding steroid dienone is 2. The number of carbonyl (C=O) groups is 1. The molecule has 1 rings (SSSR count). The minimum atomic E-state index is -1.02. The summed E-state index contributed by atoms with van der Waals surface area (Å²) in [5.41, 5.74) is 0. The van der Waals surface area contributed by atoms with Gasteiger partial charge in [0.15, 0.2) is 0 Å². The average molecular weight is 242 g/mol. The van der Waals surface area contributed by atoms with Gasteiger partial charge in [-0.05, 0) is 6.92 Å². The number of ether oxygens (including phenoxy) is 1. The molecule has 0 aliphatic carbocycles. The van der Waals surface area contributed by atoms with E-state index in [-0.39, 0.29) is 12.8 Å². The highest BCUT2D eigenvalue weighted by Gasteiger charge is 2.23. The summed E-state index contributed by atoms with van der Waals surface area (Å²) in [7, 11) is 0. The lowest BCUT2D eigenvalue weighted by molar-refractivity contribution is -0.146. The summed E-state index contributed by atoms with van der Waals surface area (Å²) in [4.78, 5) is 11.3. The van der Waals surface area contributed by atoms with E-state index in [0.717, 1.165) is 0 Å². The van der Waals surface area contributed by atoms with Crippen molar-refractivity contribution in [1.82, 2.24) is 0 Å². The second-order valence-electron chi connectivity index (χ2n) is 4.18. The molecule has 0 saturated heterocycles. The van der Waals surface area contributed by atoms with E-state index in [1.165, 1.54) is 24.3 Å². The summed E-state index contributed by atoms with van der Waals surface area (Å²) >= 11 is 0. The smallest absolute Gasteiger partial charge is 0.331 e. The first-order chi connectivity index (χ1) is 7.99. The summed E-state index contributed by atoms with van der Waals surface area (Å²) in [6.45, 7) is 1.57. The van der Waals surface area contributed by atoms with Crippen molar-refractivity contribution in [2.75, 3.05) is 0 Å². The van der Waals surface area contributed by atoms with Gasteiger partial charge in [-0.3, -0.25) is 0 Å². The predicted octanol–water partition coefficient (Wildman–Crippen LogP) is -0.0930. The molecule has 0 saturated carbocycles. The lowest BCUT2D eigenvalue weighted by atomic mass is 10.0. The monoisotopic (exact) mass is 242 g/mol. The quantitative estimate of drug-likeness (QED) is 0.589. The van der Waals surface area contributed by atoms with Crippen LogP contribution in [0.1, 0.15) is 19.8 Å². The van der Waals surface area contributed by atoms with Crippen molar-refractivity contribution in [2.45, 2.75) is 44.2 Å². The molecule has 0 radical (unpaired) electrons. The van der Waals surface area contributed by atoms with Crippen LogP contribution in [0, 0.1) is 0 Å². The minimum Gasteiger partial charge on any atom is -0.459 e. The Kier molecular flexibility index (Phi) is 5.34. The van der Waals surface area contributed by atoms with E-state index in [1.54, 1.807) is 6.92 Å². The highest BCUT2D eigenvalue weighted by molar-refractivity contribution is 5.82.